The predicted octanol–water partition coefficient (Wildman–Crippen LogP) is 1.98. The monoisotopic (exact) mass is 193 g/mol. The molecule has 13 heavy (non-hydrogen) atoms. The molecule has 0 aromatic carbocycles. The van der Waals surface area contributed by atoms with Crippen LogP contribution in [0.2, 0.25) is 5.02 Å². The molecular weight excluding hydrogens is 186 g/mol. The molecule has 2 heterocycles. The van der Waals surface area contributed by atoms with Gasteiger partial charge in [-0.05, 0) is 18.2 Å². The van der Waals surface area contributed by atoms with Crippen LogP contribution in [0.4, 0.5) is 0 Å². The molecule has 0 saturated heterocycles. The number of aromatic nitrogens is 3. The first kappa shape index (κ1) is 8.26. The zero-order valence-corrected chi connectivity index (χ0v) is 7.65. The third-order valence-corrected chi connectivity index (χ3v) is 2.05. The molecule has 0 amide bonds. The fourth-order valence-electron chi connectivity index (χ4n) is 1.08. The summed E-state index contributed by atoms with van der Waals surface area (Å²) in [7, 11) is 0. The van der Waals surface area contributed by atoms with E-state index in [1.807, 2.05) is 24.4 Å². The van der Waals surface area contributed by atoms with E-state index in [2.05, 4.69) is 10.1 Å². The second-order valence-electron chi connectivity index (χ2n) is 2.64. The zero-order chi connectivity index (χ0) is 9.10. The van der Waals surface area contributed by atoms with Gasteiger partial charge in [0.1, 0.15) is 0 Å². The summed E-state index contributed by atoms with van der Waals surface area (Å²) in [5.74, 6) is 0. The summed E-state index contributed by atoms with van der Waals surface area (Å²) in [5.41, 5.74) is 0.841. The lowest BCUT2D eigenvalue weighted by molar-refractivity contribution is 0.673. The lowest BCUT2D eigenvalue weighted by Crippen LogP contribution is -2.02. The van der Waals surface area contributed by atoms with Gasteiger partial charge in [-0.15, -0.1) is 0 Å². The predicted molar refractivity (Wildman–Crippen MR) is 50.6 cm³/mol. The molecule has 0 bridgehead atoms. The Morgan fingerprint density at radius 3 is 2.92 bits per heavy atom. The fraction of sp³-hybridized carbons (Fsp3) is 0.111. The van der Waals surface area contributed by atoms with Crippen LogP contribution in [-0.4, -0.2) is 14.8 Å². The Kier molecular flexibility index (Phi) is 2.27. The highest BCUT2D eigenvalue weighted by Gasteiger charge is 2.00. The van der Waals surface area contributed by atoms with Crippen molar-refractivity contribution in [3.63, 3.8) is 0 Å². The van der Waals surface area contributed by atoms with E-state index in [4.69, 9.17) is 11.6 Å². The standard InChI is InChI=1S/C9H8ClN3/c10-8-3-1-4-11-9(8)7-13-6-2-5-12-13/h1-6H,7H2. The lowest BCUT2D eigenvalue weighted by atomic mass is 10.3. The number of halogens is 1. The maximum atomic E-state index is 5.94. The molecule has 2 aromatic heterocycles. The molecule has 0 spiro atoms. The van der Waals surface area contributed by atoms with Crippen molar-refractivity contribution in [3.8, 4) is 0 Å². The summed E-state index contributed by atoms with van der Waals surface area (Å²) in [4.78, 5) is 4.16. The summed E-state index contributed by atoms with van der Waals surface area (Å²) >= 11 is 5.94. The van der Waals surface area contributed by atoms with Crippen molar-refractivity contribution in [2.45, 2.75) is 6.54 Å². The SMILES string of the molecule is Clc1cccnc1Cn1cccn1. The molecule has 0 fully saturated rings. The molecule has 0 aliphatic carbocycles. The zero-order valence-electron chi connectivity index (χ0n) is 6.89. The van der Waals surface area contributed by atoms with Crippen LogP contribution in [0.25, 0.3) is 0 Å². The van der Waals surface area contributed by atoms with Crippen molar-refractivity contribution >= 4 is 11.6 Å². The van der Waals surface area contributed by atoms with Crippen molar-refractivity contribution < 1.29 is 0 Å². The maximum absolute atomic E-state index is 5.94. The van der Waals surface area contributed by atoms with E-state index >= 15 is 0 Å². The first-order valence-corrected chi connectivity index (χ1v) is 4.31. The van der Waals surface area contributed by atoms with Gasteiger partial charge < -0.3 is 0 Å². The molecule has 0 radical (unpaired) electrons. The number of nitrogens with zero attached hydrogens (tertiary/aromatic N) is 3. The molecule has 0 N–H and O–H groups in total. The first-order valence-electron chi connectivity index (χ1n) is 3.93. The quantitative estimate of drug-likeness (QED) is 0.730. The van der Waals surface area contributed by atoms with Gasteiger partial charge in [-0.25, -0.2) is 0 Å². The maximum Gasteiger partial charge on any atom is 0.0846 e. The molecular formula is C9H8ClN3. The molecule has 0 aliphatic heterocycles. The second kappa shape index (κ2) is 3.58. The van der Waals surface area contributed by atoms with Crippen LogP contribution < -0.4 is 0 Å². The van der Waals surface area contributed by atoms with E-state index in [0.29, 0.717) is 11.6 Å². The summed E-state index contributed by atoms with van der Waals surface area (Å²) in [6, 6.07) is 5.51. The summed E-state index contributed by atoms with van der Waals surface area (Å²) in [6.07, 6.45) is 5.34. The smallest absolute Gasteiger partial charge is 0.0846 e. The van der Waals surface area contributed by atoms with Gasteiger partial charge in [-0.3, -0.25) is 9.67 Å². The van der Waals surface area contributed by atoms with Crippen LogP contribution in [0.1, 0.15) is 5.69 Å². The van der Waals surface area contributed by atoms with Crippen molar-refractivity contribution in [2.24, 2.45) is 0 Å². The van der Waals surface area contributed by atoms with Crippen LogP contribution in [0.5, 0.6) is 0 Å². The van der Waals surface area contributed by atoms with Gasteiger partial charge in [0.2, 0.25) is 0 Å². The van der Waals surface area contributed by atoms with Gasteiger partial charge in [0.25, 0.3) is 0 Å². The van der Waals surface area contributed by atoms with E-state index in [-0.39, 0.29) is 0 Å². The third kappa shape index (κ3) is 1.87. The molecule has 4 heteroatoms. The van der Waals surface area contributed by atoms with Gasteiger partial charge in [0.15, 0.2) is 0 Å². The molecule has 0 saturated carbocycles. The van der Waals surface area contributed by atoms with Crippen LogP contribution in [0.3, 0.4) is 0 Å². The number of hydrogen-bond acceptors (Lipinski definition) is 2. The summed E-state index contributed by atoms with van der Waals surface area (Å²) in [5, 5.41) is 4.75. The van der Waals surface area contributed by atoms with E-state index in [9.17, 15) is 0 Å². The van der Waals surface area contributed by atoms with Gasteiger partial charge >= 0.3 is 0 Å². The Labute approximate surface area is 81.0 Å². The summed E-state index contributed by atoms with van der Waals surface area (Å²) in [6.45, 7) is 0.618. The van der Waals surface area contributed by atoms with E-state index < -0.39 is 0 Å². The van der Waals surface area contributed by atoms with Crippen molar-refractivity contribution in [2.75, 3.05) is 0 Å². The fourth-order valence-corrected chi connectivity index (χ4v) is 1.26. The second-order valence-corrected chi connectivity index (χ2v) is 3.04. The topological polar surface area (TPSA) is 30.7 Å². The van der Waals surface area contributed by atoms with Crippen LogP contribution >= 0.6 is 11.6 Å². The third-order valence-electron chi connectivity index (χ3n) is 1.71. The highest BCUT2D eigenvalue weighted by atomic mass is 35.5. The number of rotatable bonds is 2. The normalized spacial score (nSPS) is 10.2. The van der Waals surface area contributed by atoms with Gasteiger partial charge in [0, 0.05) is 18.6 Å². The minimum atomic E-state index is 0.618. The minimum absolute atomic E-state index is 0.618. The van der Waals surface area contributed by atoms with Crippen LogP contribution in [0.15, 0.2) is 36.8 Å². The Bertz CT molecular complexity index is 384. The molecule has 0 atom stereocenters. The average molecular weight is 194 g/mol. The Morgan fingerprint density at radius 1 is 1.31 bits per heavy atom. The first-order chi connectivity index (χ1) is 6.36. The highest BCUT2D eigenvalue weighted by molar-refractivity contribution is 6.31. The molecule has 66 valence electrons. The molecule has 0 unspecified atom stereocenters. The van der Waals surface area contributed by atoms with Gasteiger partial charge in [-0.2, -0.15) is 5.10 Å². The lowest BCUT2D eigenvalue weighted by Gasteiger charge is -2.02. The van der Waals surface area contributed by atoms with Gasteiger partial charge in [0.05, 0.1) is 17.3 Å². The molecule has 0 aliphatic rings. The minimum Gasteiger partial charge on any atom is -0.267 e. The highest BCUT2D eigenvalue weighted by Crippen LogP contribution is 2.12. The Balaban J connectivity index is 2.24. The average Bonchev–Trinajstić information content (AvgIpc) is 2.61. The largest absolute Gasteiger partial charge is 0.267 e. The van der Waals surface area contributed by atoms with E-state index in [1.165, 1.54) is 0 Å². The van der Waals surface area contributed by atoms with Gasteiger partial charge in [-0.1, -0.05) is 11.6 Å². The molecule has 2 rings (SSSR count). The number of pyridine rings is 1. The van der Waals surface area contributed by atoms with Crippen LogP contribution in [-0.2, 0) is 6.54 Å². The Hall–Kier alpha value is -1.35. The van der Waals surface area contributed by atoms with Crippen molar-refractivity contribution in [1.29, 1.82) is 0 Å². The Morgan fingerprint density at radius 2 is 2.23 bits per heavy atom. The van der Waals surface area contributed by atoms with E-state index in [1.54, 1.807) is 17.1 Å². The van der Waals surface area contributed by atoms with Crippen LogP contribution in [0, 0.1) is 0 Å². The van der Waals surface area contributed by atoms with Crippen molar-refractivity contribution in [1.82, 2.24) is 14.8 Å². The summed E-state index contributed by atoms with van der Waals surface area (Å²) < 4.78 is 1.79. The van der Waals surface area contributed by atoms with Crippen molar-refractivity contribution in [3.05, 3.63) is 47.5 Å². The number of hydrogen-bond donors (Lipinski definition) is 0. The molecule has 2 aromatic rings. The molecule has 3 nitrogen and oxygen atoms in total. The van der Waals surface area contributed by atoms with E-state index in [0.717, 1.165) is 5.69 Å².